The maximum atomic E-state index is 10.2. The number of aliphatic hydroxyl groups is 1. The quantitative estimate of drug-likeness (QED) is 0.602. The van der Waals surface area contributed by atoms with Crippen molar-refractivity contribution in [1.82, 2.24) is 4.98 Å². The molecule has 0 radical (unpaired) electrons. The highest BCUT2D eigenvalue weighted by molar-refractivity contribution is 5.67. The second-order valence-electron chi connectivity index (χ2n) is 6.21. The average molecular weight is 311 g/mol. The second kappa shape index (κ2) is 9.46. The molecule has 0 aliphatic carbocycles. The van der Waals surface area contributed by atoms with Crippen molar-refractivity contribution < 1.29 is 5.11 Å². The van der Waals surface area contributed by atoms with Gasteiger partial charge in [0.05, 0.1) is 6.10 Å². The van der Waals surface area contributed by atoms with Gasteiger partial charge < -0.3 is 5.11 Å². The predicted molar refractivity (Wildman–Crippen MR) is 97.4 cm³/mol. The second-order valence-corrected chi connectivity index (χ2v) is 6.21. The Morgan fingerprint density at radius 2 is 1.74 bits per heavy atom. The molecular weight excluding hydrogens is 282 g/mol. The topological polar surface area (TPSA) is 33.1 Å². The van der Waals surface area contributed by atoms with E-state index in [0.717, 1.165) is 29.5 Å². The van der Waals surface area contributed by atoms with Crippen LogP contribution < -0.4 is 0 Å². The fourth-order valence-corrected chi connectivity index (χ4v) is 2.91. The van der Waals surface area contributed by atoms with Gasteiger partial charge in [-0.1, -0.05) is 69.9 Å². The summed E-state index contributed by atoms with van der Waals surface area (Å²) in [5.74, 6) is 0. The molecule has 1 aromatic carbocycles. The maximum Gasteiger partial charge on any atom is 0.0793 e. The third-order valence-corrected chi connectivity index (χ3v) is 4.38. The Kier molecular flexibility index (Phi) is 7.28. The van der Waals surface area contributed by atoms with Crippen LogP contribution >= 0.6 is 0 Å². The number of benzene rings is 1. The van der Waals surface area contributed by atoms with Crippen LogP contribution in [0.15, 0.2) is 42.6 Å². The highest BCUT2D eigenvalue weighted by Crippen LogP contribution is 2.29. The van der Waals surface area contributed by atoms with Crippen molar-refractivity contribution in [2.24, 2.45) is 0 Å². The molecule has 23 heavy (non-hydrogen) atoms. The Bertz CT molecular complexity index is 577. The van der Waals surface area contributed by atoms with Crippen molar-refractivity contribution in [1.29, 1.82) is 0 Å². The fraction of sp³-hybridized carbons (Fsp3) is 0.476. The van der Waals surface area contributed by atoms with Crippen LogP contribution in [0, 0.1) is 0 Å². The van der Waals surface area contributed by atoms with Gasteiger partial charge in [-0.3, -0.25) is 4.98 Å². The summed E-state index contributed by atoms with van der Waals surface area (Å²) < 4.78 is 0. The Balaban J connectivity index is 2.02. The summed E-state index contributed by atoms with van der Waals surface area (Å²) in [5, 5.41) is 10.2. The summed E-state index contributed by atoms with van der Waals surface area (Å²) >= 11 is 0. The van der Waals surface area contributed by atoms with Gasteiger partial charge in [0.1, 0.15) is 0 Å². The van der Waals surface area contributed by atoms with E-state index in [1.807, 2.05) is 31.3 Å². The maximum absolute atomic E-state index is 10.2. The summed E-state index contributed by atoms with van der Waals surface area (Å²) in [6.45, 7) is 4.24. The van der Waals surface area contributed by atoms with Gasteiger partial charge in [0.15, 0.2) is 0 Å². The Labute approximate surface area is 140 Å². The van der Waals surface area contributed by atoms with E-state index in [4.69, 9.17) is 0 Å². The number of aliphatic hydroxyl groups excluding tert-OH is 1. The Morgan fingerprint density at radius 3 is 2.43 bits per heavy atom. The van der Waals surface area contributed by atoms with Crippen molar-refractivity contribution in [2.45, 2.75) is 64.9 Å². The predicted octanol–water partition coefficient (Wildman–Crippen LogP) is 5.70. The third-order valence-electron chi connectivity index (χ3n) is 4.38. The van der Waals surface area contributed by atoms with Crippen molar-refractivity contribution in [3.8, 4) is 11.1 Å². The van der Waals surface area contributed by atoms with Crippen LogP contribution in [-0.2, 0) is 6.42 Å². The minimum atomic E-state index is -0.413. The summed E-state index contributed by atoms with van der Waals surface area (Å²) in [6.07, 6.45) is 9.78. The minimum Gasteiger partial charge on any atom is -0.388 e. The molecule has 1 aromatic heterocycles. The molecule has 2 aromatic rings. The van der Waals surface area contributed by atoms with Crippen LogP contribution in [0.3, 0.4) is 0 Å². The molecule has 0 bridgehead atoms. The first-order valence-corrected chi connectivity index (χ1v) is 8.98. The Hall–Kier alpha value is -1.67. The van der Waals surface area contributed by atoms with E-state index in [-0.39, 0.29) is 0 Å². The molecular formula is C21H29NO. The summed E-state index contributed by atoms with van der Waals surface area (Å²) in [6, 6.07) is 12.3. The lowest BCUT2D eigenvalue weighted by atomic mass is 9.96. The summed E-state index contributed by atoms with van der Waals surface area (Å²) in [7, 11) is 0. The average Bonchev–Trinajstić information content (AvgIpc) is 2.61. The first kappa shape index (κ1) is 17.7. The largest absolute Gasteiger partial charge is 0.388 e. The van der Waals surface area contributed by atoms with Gasteiger partial charge in [-0.15, -0.1) is 0 Å². The zero-order chi connectivity index (χ0) is 16.5. The van der Waals surface area contributed by atoms with Crippen molar-refractivity contribution >= 4 is 0 Å². The smallest absolute Gasteiger partial charge is 0.0793 e. The molecule has 0 aliphatic heterocycles. The lowest BCUT2D eigenvalue weighted by molar-refractivity contribution is 0.174. The molecule has 0 saturated carbocycles. The molecule has 1 unspecified atom stereocenters. The van der Waals surface area contributed by atoms with Gasteiger partial charge in [-0.25, -0.2) is 0 Å². The van der Waals surface area contributed by atoms with E-state index in [1.165, 1.54) is 37.8 Å². The fourth-order valence-electron chi connectivity index (χ4n) is 2.91. The molecule has 0 fully saturated rings. The van der Waals surface area contributed by atoms with Crippen LogP contribution in [0.4, 0.5) is 0 Å². The zero-order valence-corrected chi connectivity index (χ0v) is 14.5. The van der Waals surface area contributed by atoms with Gasteiger partial charge in [-0.05, 0) is 36.5 Å². The first-order chi connectivity index (χ1) is 11.3. The van der Waals surface area contributed by atoms with Crippen LogP contribution in [0.1, 0.15) is 69.7 Å². The van der Waals surface area contributed by atoms with E-state index in [1.54, 1.807) is 0 Å². The van der Waals surface area contributed by atoms with Crippen molar-refractivity contribution in [3.63, 3.8) is 0 Å². The van der Waals surface area contributed by atoms with E-state index < -0.39 is 6.10 Å². The van der Waals surface area contributed by atoms with Crippen LogP contribution in [0.2, 0.25) is 0 Å². The van der Waals surface area contributed by atoms with Crippen LogP contribution in [0.5, 0.6) is 0 Å². The molecule has 0 amide bonds. The number of unbranched alkanes of at least 4 members (excludes halogenated alkanes) is 4. The van der Waals surface area contributed by atoms with Gasteiger partial charge in [-0.2, -0.15) is 0 Å². The summed E-state index contributed by atoms with van der Waals surface area (Å²) in [5.41, 5.74) is 4.33. The van der Waals surface area contributed by atoms with E-state index in [0.29, 0.717) is 0 Å². The molecule has 0 aliphatic rings. The molecule has 2 nitrogen and oxygen atoms in total. The zero-order valence-electron chi connectivity index (χ0n) is 14.5. The van der Waals surface area contributed by atoms with Gasteiger partial charge in [0.2, 0.25) is 0 Å². The van der Waals surface area contributed by atoms with Gasteiger partial charge >= 0.3 is 0 Å². The lowest BCUT2D eigenvalue weighted by Gasteiger charge is -2.14. The van der Waals surface area contributed by atoms with Gasteiger partial charge in [0.25, 0.3) is 0 Å². The SMILES string of the molecule is CCCCCCCc1ccc(-c2ccccc2C(O)CC)cn1. The molecule has 0 saturated heterocycles. The molecule has 1 atom stereocenters. The van der Waals surface area contributed by atoms with Crippen molar-refractivity contribution in [3.05, 3.63) is 53.9 Å². The van der Waals surface area contributed by atoms with E-state index in [9.17, 15) is 5.11 Å². The number of pyridine rings is 1. The normalized spacial score (nSPS) is 12.3. The number of aromatic nitrogens is 1. The van der Waals surface area contributed by atoms with E-state index in [2.05, 4.69) is 30.1 Å². The number of hydrogen-bond donors (Lipinski definition) is 1. The standard InChI is InChI=1S/C21H29NO/c1-3-5-6-7-8-11-18-15-14-17(16-22-18)19-12-9-10-13-20(19)21(23)4-2/h9-10,12-16,21,23H,3-8,11H2,1-2H3. The van der Waals surface area contributed by atoms with Crippen LogP contribution in [0.25, 0.3) is 11.1 Å². The molecule has 0 spiro atoms. The number of rotatable bonds is 9. The number of aryl methyl sites for hydroxylation is 1. The first-order valence-electron chi connectivity index (χ1n) is 8.98. The molecule has 2 rings (SSSR count). The monoisotopic (exact) mass is 311 g/mol. The number of nitrogens with zero attached hydrogens (tertiary/aromatic N) is 1. The Morgan fingerprint density at radius 1 is 0.957 bits per heavy atom. The highest BCUT2D eigenvalue weighted by atomic mass is 16.3. The molecule has 1 N–H and O–H groups in total. The number of hydrogen-bond acceptors (Lipinski definition) is 2. The van der Waals surface area contributed by atoms with Crippen molar-refractivity contribution in [2.75, 3.05) is 0 Å². The highest BCUT2D eigenvalue weighted by Gasteiger charge is 2.11. The molecule has 124 valence electrons. The van der Waals surface area contributed by atoms with E-state index >= 15 is 0 Å². The lowest BCUT2D eigenvalue weighted by Crippen LogP contribution is -1.98. The summed E-state index contributed by atoms with van der Waals surface area (Å²) in [4.78, 5) is 4.62. The third kappa shape index (κ3) is 5.18. The van der Waals surface area contributed by atoms with Gasteiger partial charge in [0, 0.05) is 17.5 Å². The van der Waals surface area contributed by atoms with Crippen LogP contribution in [-0.4, -0.2) is 10.1 Å². The molecule has 1 heterocycles. The minimum absolute atomic E-state index is 0.413. The molecule has 2 heteroatoms.